The number of rotatable bonds is 4. The maximum Gasteiger partial charge on any atom is 0.0764 e. The van der Waals surface area contributed by atoms with Crippen LogP contribution in [0, 0.1) is 5.92 Å². The Hall–Kier alpha value is -0.910. The van der Waals surface area contributed by atoms with E-state index in [-0.39, 0.29) is 12.0 Å². The first-order valence-corrected chi connectivity index (χ1v) is 8.19. The molecule has 2 fully saturated rings. The average molecular weight is 293 g/mol. The van der Waals surface area contributed by atoms with Gasteiger partial charge in [-0.2, -0.15) is 5.10 Å². The summed E-state index contributed by atoms with van der Waals surface area (Å²) >= 11 is 0. The zero-order chi connectivity index (χ0) is 14.8. The molecule has 3 heterocycles. The second-order valence-corrected chi connectivity index (χ2v) is 6.66. The molecule has 5 nitrogen and oxygen atoms in total. The molecule has 0 aliphatic carbocycles. The van der Waals surface area contributed by atoms with Crippen LogP contribution < -0.4 is 0 Å². The summed E-state index contributed by atoms with van der Waals surface area (Å²) < 4.78 is 7.61. The molecule has 1 N–H and O–H groups in total. The molecule has 0 amide bonds. The molecule has 5 heteroatoms. The highest BCUT2D eigenvalue weighted by atomic mass is 16.5. The Morgan fingerprint density at radius 1 is 1.43 bits per heavy atom. The van der Waals surface area contributed by atoms with Gasteiger partial charge in [0.2, 0.25) is 0 Å². The summed E-state index contributed by atoms with van der Waals surface area (Å²) in [7, 11) is 0. The van der Waals surface area contributed by atoms with Gasteiger partial charge >= 0.3 is 0 Å². The molecule has 21 heavy (non-hydrogen) atoms. The smallest absolute Gasteiger partial charge is 0.0764 e. The number of aromatic nitrogens is 2. The first kappa shape index (κ1) is 15.0. The van der Waals surface area contributed by atoms with E-state index in [2.05, 4.69) is 36.1 Å². The Morgan fingerprint density at radius 2 is 2.29 bits per heavy atom. The fourth-order valence-corrected chi connectivity index (χ4v) is 3.61. The van der Waals surface area contributed by atoms with Crippen molar-refractivity contribution in [3.63, 3.8) is 0 Å². The van der Waals surface area contributed by atoms with Crippen LogP contribution in [0.1, 0.15) is 44.8 Å². The van der Waals surface area contributed by atoms with Crippen molar-refractivity contribution in [2.75, 3.05) is 19.8 Å². The summed E-state index contributed by atoms with van der Waals surface area (Å²) in [6, 6.07) is 2.95. The number of hydrogen-bond acceptors (Lipinski definition) is 4. The molecule has 0 spiro atoms. The van der Waals surface area contributed by atoms with Gasteiger partial charge in [-0.15, -0.1) is 0 Å². The van der Waals surface area contributed by atoms with Gasteiger partial charge < -0.3 is 9.84 Å². The minimum Gasteiger partial charge on any atom is -0.393 e. The predicted molar refractivity (Wildman–Crippen MR) is 81.0 cm³/mol. The summed E-state index contributed by atoms with van der Waals surface area (Å²) in [6.45, 7) is 7.66. The van der Waals surface area contributed by atoms with Gasteiger partial charge in [-0.25, -0.2) is 0 Å². The fraction of sp³-hybridized carbons (Fsp3) is 0.812. The molecule has 2 saturated heterocycles. The Morgan fingerprint density at radius 3 is 3.00 bits per heavy atom. The van der Waals surface area contributed by atoms with Crippen LogP contribution in [0.4, 0.5) is 0 Å². The van der Waals surface area contributed by atoms with Crippen molar-refractivity contribution < 1.29 is 9.84 Å². The quantitative estimate of drug-likeness (QED) is 0.920. The molecule has 2 aliphatic rings. The monoisotopic (exact) mass is 293 g/mol. The predicted octanol–water partition coefficient (Wildman–Crippen LogP) is 1.83. The largest absolute Gasteiger partial charge is 0.393 e. The van der Waals surface area contributed by atoms with Gasteiger partial charge in [-0.1, -0.05) is 0 Å². The van der Waals surface area contributed by atoms with Gasteiger partial charge in [0, 0.05) is 37.4 Å². The van der Waals surface area contributed by atoms with Crippen LogP contribution in [0.2, 0.25) is 0 Å². The molecule has 1 aromatic rings. The SMILES string of the molecule is CC(C)n1ccc(CN2CCC[C@@H]2[C@H]2COCC[C@@H]2O)n1. The number of aliphatic hydroxyl groups is 1. The van der Waals surface area contributed by atoms with Crippen LogP contribution in [0.3, 0.4) is 0 Å². The van der Waals surface area contributed by atoms with Crippen molar-refractivity contribution in [2.24, 2.45) is 5.92 Å². The van der Waals surface area contributed by atoms with Crippen molar-refractivity contribution in [2.45, 2.75) is 57.8 Å². The molecular weight excluding hydrogens is 266 g/mol. The number of hydrogen-bond donors (Lipinski definition) is 1. The van der Waals surface area contributed by atoms with Crippen molar-refractivity contribution in [3.05, 3.63) is 18.0 Å². The van der Waals surface area contributed by atoms with E-state index in [0.717, 1.165) is 31.6 Å². The van der Waals surface area contributed by atoms with Crippen molar-refractivity contribution in [1.82, 2.24) is 14.7 Å². The van der Waals surface area contributed by atoms with Crippen LogP contribution in [-0.2, 0) is 11.3 Å². The highest BCUT2D eigenvalue weighted by molar-refractivity contribution is 5.02. The maximum absolute atomic E-state index is 10.3. The van der Waals surface area contributed by atoms with Crippen LogP contribution in [0.5, 0.6) is 0 Å². The molecule has 0 aromatic carbocycles. The van der Waals surface area contributed by atoms with E-state index in [1.807, 2.05) is 4.68 Å². The lowest BCUT2D eigenvalue weighted by Gasteiger charge is -2.36. The maximum atomic E-state index is 10.3. The lowest BCUT2D eigenvalue weighted by molar-refractivity contribution is -0.0637. The van der Waals surface area contributed by atoms with E-state index < -0.39 is 0 Å². The average Bonchev–Trinajstić information content (AvgIpc) is 3.09. The van der Waals surface area contributed by atoms with E-state index in [1.54, 1.807) is 0 Å². The van der Waals surface area contributed by atoms with Crippen molar-refractivity contribution in [1.29, 1.82) is 0 Å². The third-order valence-corrected chi connectivity index (χ3v) is 4.83. The molecule has 0 unspecified atom stereocenters. The third-order valence-electron chi connectivity index (χ3n) is 4.83. The standard InChI is InChI=1S/C16H27N3O2/c1-12(2)19-8-5-13(17-19)10-18-7-3-4-15(18)14-11-21-9-6-16(14)20/h5,8,12,14-16,20H,3-4,6-7,9-11H2,1-2H3/t14-,15-,16+/m1/s1. The van der Waals surface area contributed by atoms with Gasteiger partial charge in [0.15, 0.2) is 0 Å². The van der Waals surface area contributed by atoms with E-state index in [9.17, 15) is 5.11 Å². The minimum absolute atomic E-state index is 0.211. The van der Waals surface area contributed by atoms with E-state index in [0.29, 0.717) is 25.3 Å². The lowest BCUT2D eigenvalue weighted by atomic mass is 9.89. The molecule has 2 aliphatic heterocycles. The van der Waals surface area contributed by atoms with Gasteiger partial charge in [0.05, 0.1) is 18.4 Å². The zero-order valence-corrected chi connectivity index (χ0v) is 13.1. The molecular formula is C16H27N3O2. The number of nitrogens with zero attached hydrogens (tertiary/aromatic N) is 3. The van der Waals surface area contributed by atoms with Gasteiger partial charge in [-0.3, -0.25) is 9.58 Å². The molecule has 3 atom stereocenters. The number of likely N-dealkylation sites (tertiary alicyclic amines) is 1. The molecule has 118 valence electrons. The minimum atomic E-state index is -0.211. The normalized spacial score (nSPS) is 31.1. The molecule has 0 radical (unpaired) electrons. The van der Waals surface area contributed by atoms with Gasteiger partial charge in [0.1, 0.15) is 0 Å². The first-order chi connectivity index (χ1) is 10.1. The fourth-order valence-electron chi connectivity index (χ4n) is 3.61. The van der Waals surface area contributed by atoms with Crippen LogP contribution in [0.15, 0.2) is 12.3 Å². The van der Waals surface area contributed by atoms with Crippen LogP contribution in [0.25, 0.3) is 0 Å². The van der Waals surface area contributed by atoms with E-state index in [4.69, 9.17) is 4.74 Å². The van der Waals surface area contributed by atoms with Crippen molar-refractivity contribution in [3.8, 4) is 0 Å². The van der Waals surface area contributed by atoms with E-state index >= 15 is 0 Å². The Kier molecular flexibility index (Phi) is 4.62. The third kappa shape index (κ3) is 3.30. The first-order valence-electron chi connectivity index (χ1n) is 8.19. The van der Waals surface area contributed by atoms with E-state index in [1.165, 1.54) is 6.42 Å². The summed E-state index contributed by atoms with van der Waals surface area (Å²) in [5.41, 5.74) is 1.13. The highest BCUT2D eigenvalue weighted by Crippen LogP contribution is 2.30. The number of ether oxygens (including phenoxy) is 1. The molecule has 1 aromatic heterocycles. The van der Waals surface area contributed by atoms with Crippen LogP contribution >= 0.6 is 0 Å². The van der Waals surface area contributed by atoms with Crippen molar-refractivity contribution >= 4 is 0 Å². The summed E-state index contributed by atoms with van der Waals surface area (Å²) in [5, 5.41) is 14.9. The van der Waals surface area contributed by atoms with Gasteiger partial charge in [0.25, 0.3) is 0 Å². The second kappa shape index (κ2) is 6.46. The molecule has 3 rings (SSSR count). The highest BCUT2D eigenvalue weighted by Gasteiger charge is 2.37. The zero-order valence-electron chi connectivity index (χ0n) is 13.1. The molecule has 0 bridgehead atoms. The summed E-state index contributed by atoms with van der Waals surface area (Å²) in [4.78, 5) is 2.48. The lowest BCUT2D eigenvalue weighted by Crippen LogP contribution is -2.45. The Balaban J connectivity index is 1.65. The van der Waals surface area contributed by atoms with Gasteiger partial charge in [-0.05, 0) is 45.7 Å². The Labute approximate surface area is 126 Å². The summed E-state index contributed by atoms with van der Waals surface area (Å²) in [6.07, 6.45) is 4.99. The van der Waals surface area contributed by atoms with Crippen LogP contribution in [-0.4, -0.2) is 51.7 Å². The topological polar surface area (TPSA) is 50.5 Å². The Bertz CT molecular complexity index is 460. The summed E-state index contributed by atoms with van der Waals surface area (Å²) in [5.74, 6) is 0.258. The second-order valence-electron chi connectivity index (χ2n) is 6.66. The molecule has 0 saturated carbocycles. The number of aliphatic hydroxyl groups excluding tert-OH is 1.